The summed E-state index contributed by atoms with van der Waals surface area (Å²) in [5.74, 6) is 1.02. The van der Waals surface area contributed by atoms with Crippen LogP contribution in [-0.4, -0.2) is 32.1 Å². The lowest BCUT2D eigenvalue weighted by atomic mass is 10.0. The summed E-state index contributed by atoms with van der Waals surface area (Å²) in [5.41, 5.74) is 2.45. The van der Waals surface area contributed by atoms with Crippen molar-refractivity contribution in [2.45, 2.75) is 38.5 Å². The molecule has 0 aromatic heterocycles. The van der Waals surface area contributed by atoms with Crippen LogP contribution >= 0.6 is 24.0 Å². The van der Waals surface area contributed by atoms with Crippen molar-refractivity contribution in [3.63, 3.8) is 0 Å². The molecular weight excluding hydrogens is 365 g/mol. The zero-order valence-electron chi connectivity index (χ0n) is 15.9. The molecular formula is C22H31Cl2NO. The standard InChI is InChI=1S/C22H30ClNO.ClH/c1-24(2)17-9-3-4-10-18-25-22-14-8-6-12-20(22)16-15-19-11-5-7-13-21(19)23;/h5-8,11-14H,3-4,9-10,15-18H2,1-2H3;1H. The lowest BCUT2D eigenvalue weighted by Gasteiger charge is -2.12. The molecule has 2 aromatic rings. The highest BCUT2D eigenvalue weighted by atomic mass is 35.5. The zero-order valence-corrected chi connectivity index (χ0v) is 17.5. The lowest BCUT2D eigenvalue weighted by molar-refractivity contribution is 0.299. The van der Waals surface area contributed by atoms with Crippen LogP contribution in [0.5, 0.6) is 5.75 Å². The molecule has 0 aliphatic rings. The Morgan fingerprint density at radius 2 is 1.42 bits per heavy atom. The number of halogens is 2. The van der Waals surface area contributed by atoms with Gasteiger partial charge in [0.1, 0.15) is 5.75 Å². The highest BCUT2D eigenvalue weighted by Gasteiger charge is 2.05. The monoisotopic (exact) mass is 395 g/mol. The van der Waals surface area contributed by atoms with E-state index in [0.717, 1.165) is 36.6 Å². The minimum Gasteiger partial charge on any atom is -0.493 e. The first-order chi connectivity index (χ1) is 12.2. The second kappa shape index (κ2) is 13.0. The van der Waals surface area contributed by atoms with Crippen molar-refractivity contribution in [2.75, 3.05) is 27.2 Å². The fourth-order valence-electron chi connectivity index (χ4n) is 2.89. The summed E-state index contributed by atoms with van der Waals surface area (Å²) in [6.07, 6.45) is 6.77. The number of nitrogens with zero attached hydrogens (tertiary/aromatic N) is 1. The molecule has 0 aliphatic carbocycles. The average Bonchev–Trinajstić information content (AvgIpc) is 2.61. The zero-order chi connectivity index (χ0) is 17.9. The Kier molecular flexibility index (Phi) is 11.4. The van der Waals surface area contributed by atoms with Crippen molar-refractivity contribution >= 4 is 24.0 Å². The Labute approximate surface area is 169 Å². The third-order valence-electron chi connectivity index (χ3n) is 4.35. The molecule has 0 bridgehead atoms. The van der Waals surface area contributed by atoms with Gasteiger partial charge in [-0.05, 0) is 69.6 Å². The van der Waals surface area contributed by atoms with Crippen molar-refractivity contribution in [3.8, 4) is 5.75 Å². The van der Waals surface area contributed by atoms with Crippen LogP contribution in [0.25, 0.3) is 0 Å². The van der Waals surface area contributed by atoms with Crippen LogP contribution in [0, 0.1) is 0 Å². The second-order valence-corrected chi connectivity index (χ2v) is 7.17. The number of para-hydroxylation sites is 1. The number of hydrogen-bond donors (Lipinski definition) is 0. The van der Waals surface area contributed by atoms with Gasteiger partial charge in [0.05, 0.1) is 6.61 Å². The average molecular weight is 396 g/mol. The molecule has 0 amide bonds. The highest BCUT2D eigenvalue weighted by Crippen LogP contribution is 2.23. The highest BCUT2D eigenvalue weighted by molar-refractivity contribution is 6.31. The van der Waals surface area contributed by atoms with Gasteiger partial charge in [0.25, 0.3) is 0 Å². The number of unbranched alkanes of at least 4 members (excludes halogenated alkanes) is 3. The van der Waals surface area contributed by atoms with Gasteiger partial charge in [-0.1, -0.05) is 60.8 Å². The maximum absolute atomic E-state index is 6.26. The van der Waals surface area contributed by atoms with Crippen LogP contribution in [0.3, 0.4) is 0 Å². The molecule has 2 aromatic carbocycles. The van der Waals surface area contributed by atoms with E-state index in [2.05, 4.69) is 43.3 Å². The van der Waals surface area contributed by atoms with E-state index in [4.69, 9.17) is 16.3 Å². The van der Waals surface area contributed by atoms with Crippen molar-refractivity contribution < 1.29 is 4.74 Å². The van der Waals surface area contributed by atoms with E-state index < -0.39 is 0 Å². The van der Waals surface area contributed by atoms with E-state index in [1.165, 1.54) is 36.9 Å². The normalized spacial score (nSPS) is 10.6. The molecule has 0 atom stereocenters. The van der Waals surface area contributed by atoms with Gasteiger partial charge in [0.15, 0.2) is 0 Å². The van der Waals surface area contributed by atoms with E-state index in [-0.39, 0.29) is 12.4 Å². The summed E-state index contributed by atoms with van der Waals surface area (Å²) in [6, 6.07) is 16.4. The number of benzene rings is 2. The fraction of sp³-hybridized carbons (Fsp3) is 0.455. The molecule has 0 radical (unpaired) electrons. The maximum Gasteiger partial charge on any atom is 0.122 e. The smallest absolute Gasteiger partial charge is 0.122 e. The molecule has 0 saturated heterocycles. The number of aryl methyl sites for hydroxylation is 2. The summed E-state index contributed by atoms with van der Waals surface area (Å²) in [6.45, 7) is 1.97. The Balaban J connectivity index is 0.00000338. The maximum atomic E-state index is 6.26. The molecule has 0 unspecified atom stereocenters. The summed E-state index contributed by atoms with van der Waals surface area (Å²) >= 11 is 6.26. The predicted octanol–water partition coefficient (Wildman–Crippen LogP) is 6.05. The van der Waals surface area contributed by atoms with Crippen molar-refractivity contribution in [1.82, 2.24) is 4.90 Å². The van der Waals surface area contributed by atoms with Gasteiger partial charge in [0, 0.05) is 5.02 Å². The quantitative estimate of drug-likeness (QED) is 0.429. The van der Waals surface area contributed by atoms with Gasteiger partial charge in [0.2, 0.25) is 0 Å². The molecule has 26 heavy (non-hydrogen) atoms. The first-order valence-electron chi connectivity index (χ1n) is 9.25. The number of rotatable bonds is 11. The summed E-state index contributed by atoms with van der Waals surface area (Å²) in [7, 11) is 4.26. The lowest BCUT2D eigenvalue weighted by Crippen LogP contribution is -2.12. The van der Waals surface area contributed by atoms with Crippen LogP contribution in [0.1, 0.15) is 36.8 Å². The molecule has 0 saturated carbocycles. The third kappa shape index (κ3) is 8.44. The van der Waals surface area contributed by atoms with Crippen molar-refractivity contribution in [3.05, 3.63) is 64.7 Å². The molecule has 0 fully saturated rings. The summed E-state index contributed by atoms with van der Waals surface area (Å²) < 4.78 is 6.04. The van der Waals surface area contributed by atoms with E-state index in [0.29, 0.717) is 0 Å². The molecule has 144 valence electrons. The largest absolute Gasteiger partial charge is 0.493 e. The Hall–Kier alpha value is -1.22. The van der Waals surface area contributed by atoms with Gasteiger partial charge >= 0.3 is 0 Å². The Morgan fingerprint density at radius 3 is 2.15 bits per heavy atom. The van der Waals surface area contributed by atoms with Crippen molar-refractivity contribution in [2.24, 2.45) is 0 Å². The minimum atomic E-state index is 0. The van der Waals surface area contributed by atoms with Crippen LogP contribution in [0.15, 0.2) is 48.5 Å². The predicted molar refractivity (Wildman–Crippen MR) is 115 cm³/mol. The van der Waals surface area contributed by atoms with Gasteiger partial charge < -0.3 is 9.64 Å². The molecule has 4 heteroatoms. The second-order valence-electron chi connectivity index (χ2n) is 6.77. The van der Waals surface area contributed by atoms with Crippen molar-refractivity contribution in [1.29, 1.82) is 0 Å². The molecule has 0 spiro atoms. The third-order valence-corrected chi connectivity index (χ3v) is 4.72. The molecule has 0 heterocycles. The van der Waals surface area contributed by atoms with E-state index in [9.17, 15) is 0 Å². The molecule has 0 aliphatic heterocycles. The Morgan fingerprint density at radius 1 is 0.808 bits per heavy atom. The molecule has 0 N–H and O–H groups in total. The van der Waals surface area contributed by atoms with Gasteiger partial charge in [-0.25, -0.2) is 0 Å². The Bertz CT molecular complexity index is 631. The number of ether oxygens (including phenoxy) is 1. The molecule has 2 nitrogen and oxygen atoms in total. The van der Waals surface area contributed by atoms with Gasteiger partial charge in [-0.3, -0.25) is 0 Å². The topological polar surface area (TPSA) is 12.5 Å². The van der Waals surface area contributed by atoms with Gasteiger partial charge in [-0.15, -0.1) is 12.4 Å². The molecule has 2 rings (SSSR count). The SMILES string of the molecule is CN(C)CCCCCCOc1ccccc1CCc1ccccc1Cl.Cl. The van der Waals surface area contributed by atoms with Gasteiger partial charge in [-0.2, -0.15) is 0 Å². The minimum absolute atomic E-state index is 0. The first-order valence-corrected chi connectivity index (χ1v) is 9.63. The van der Waals surface area contributed by atoms with E-state index >= 15 is 0 Å². The van der Waals surface area contributed by atoms with Crippen LogP contribution in [0.4, 0.5) is 0 Å². The summed E-state index contributed by atoms with van der Waals surface area (Å²) in [4.78, 5) is 2.24. The van der Waals surface area contributed by atoms with Crippen LogP contribution in [-0.2, 0) is 12.8 Å². The fourth-order valence-corrected chi connectivity index (χ4v) is 3.12. The van der Waals surface area contributed by atoms with E-state index in [1.807, 2.05) is 24.3 Å². The summed E-state index contributed by atoms with van der Waals surface area (Å²) in [5, 5.41) is 0.846. The first kappa shape index (κ1) is 22.8. The van der Waals surface area contributed by atoms with Crippen LogP contribution in [0.2, 0.25) is 5.02 Å². The van der Waals surface area contributed by atoms with E-state index in [1.54, 1.807) is 0 Å². The number of hydrogen-bond acceptors (Lipinski definition) is 2. The van der Waals surface area contributed by atoms with Crippen LogP contribution < -0.4 is 4.74 Å².